The number of benzene rings is 2. The minimum Gasteiger partial charge on any atom is -0.508 e. The Morgan fingerprint density at radius 1 is 1.21 bits per heavy atom. The molecule has 1 aromatic heterocycles. The summed E-state index contributed by atoms with van der Waals surface area (Å²) in [5, 5.41) is 14.1. The second kappa shape index (κ2) is 6.90. The van der Waals surface area contributed by atoms with Crippen molar-refractivity contribution in [1.29, 1.82) is 0 Å². The highest BCUT2D eigenvalue weighted by molar-refractivity contribution is 6.12. The molecule has 2 aromatic carbocycles. The Morgan fingerprint density at radius 3 is 2.66 bits per heavy atom. The number of carbonyl (C=O) groups is 1. The van der Waals surface area contributed by atoms with Gasteiger partial charge in [-0.25, -0.2) is 0 Å². The third-order valence-electron chi connectivity index (χ3n) is 6.14. The van der Waals surface area contributed by atoms with Gasteiger partial charge in [-0.3, -0.25) is 9.69 Å². The number of phenolic OH excluding ortho intramolecular Hbond substituents is 1. The minimum atomic E-state index is -0.222. The van der Waals surface area contributed by atoms with Gasteiger partial charge < -0.3 is 19.6 Å². The maximum absolute atomic E-state index is 12.9. The van der Waals surface area contributed by atoms with Crippen molar-refractivity contribution in [2.45, 2.75) is 13.0 Å². The van der Waals surface area contributed by atoms with Gasteiger partial charge in [0.05, 0.1) is 18.8 Å². The van der Waals surface area contributed by atoms with E-state index in [1.807, 2.05) is 30.3 Å². The standard InChI is InChI=1S/C23H24N2O4/c1-24-22(27)20-19-16(11-25-10-9-23(12-25)13-28-14-23)17(26)7-8-18(19)29-21(20)15-5-3-2-4-6-15/h2-8,26H,9-14H2,1H3,(H,24,27). The maximum Gasteiger partial charge on any atom is 0.255 e. The van der Waals surface area contributed by atoms with Crippen LogP contribution in [0.25, 0.3) is 22.3 Å². The van der Waals surface area contributed by atoms with Gasteiger partial charge in [0.25, 0.3) is 5.91 Å². The molecule has 2 N–H and O–H groups in total. The highest BCUT2D eigenvalue weighted by Crippen LogP contribution is 2.42. The molecule has 0 atom stereocenters. The van der Waals surface area contributed by atoms with Crippen molar-refractivity contribution in [3.05, 3.63) is 53.6 Å². The van der Waals surface area contributed by atoms with Crippen LogP contribution in [-0.4, -0.2) is 49.3 Å². The van der Waals surface area contributed by atoms with Gasteiger partial charge in [0.15, 0.2) is 0 Å². The second-order valence-corrected chi connectivity index (χ2v) is 8.14. The molecule has 6 nitrogen and oxygen atoms in total. The van der Waals surface area contributed by atoms with Gasteiger partial charge in [0.2, 0.25) is 0 Å². The molecular weight excluding hydrogens is 368 g/mol. The third kappa shape index (κ3) is 2.99. The largest absolute Gasteiger partial charge is 0.508 e. The third-order valence-corrected chi connectivity index (χ3v) is 6.14. The Balaban J connectivity index is 1.63. The molecule has 0 unspecified atom stereocenters. The first kappa shape index (κ1) is 18.2. The lowest BCUT2D eigenvalue weighted by Gasteiger charge is -2.37. The number of likely N-dealkylation sites (tertiary alicyclic amines) is 1. The van der Waals surface area contributed by atoms with Crippen LogP contribution in [0.5, 0.6) is 5.75 Å². The fraction of sp³-hybridized carbons (Fsp3) is 0.348. The number of fused-ring (bicyclic) bond motifs is 1. The van der Waals surface area contributed by atoms with E-state index in [1.54, 1.807) is 19.2 Å². The summed E-state index contributed by atoms with van der Waals surface area (Å²) in [7, 11) is 1.61. The quantitative estimate of drug-likeness (QED) is 0.712. The van der Waals surface area contributed by atoms with Crippen molar-refractivity contribution in [3.8, 4) is 17.1 Å². The van der Waals surface area contributed by atoms with Crippen LogP contribution in [0.15, 0.2) is 46.9 Å². The number of hydrogen-bond acceptors (Lipinski definition) is 5. The predicted octanol–water partition coefficient (Wildman–Crippen LogP) is 3.39. The fourth-order valence-electron chi connectivity index (χ4n) is 4.56. The normalized spacial score (nSPS) is 18.2. The molecule has 6 heteroatoms. The number of nitrogens with one attached hydrogen (secondary N) is 1. The number of carbonyl (C=O) groups excluding carboxylic acids is 1. The molecule has 2 aliphatic rings. The number of furan rings is 1. The second-order valence-electron chi connectivity index (χ2n) is 8.14. The van der Waals surface area contributed by atoms with Gasteiger partial charge in [-0.2, -0.15) is 0 Å². The van der Waals surface area contributed by atoms with Crippen LogP contribution in [0.3, 0.4) is 0 Å². The summed E-state index contributed by atoms with van der Waals surface area (Å²) >= 11 is 0. The number of rotatable bonds is 4. The molecule has 0 radical (unpaired) electrons. The molecule has 2 aliphatic heterocycles. The molecule has 1 spiro atoms. The number of ether oxygens (including phenoxy) is 1. The zero-order valence-electron chi connectivity index (χ0n) is 16.4. The van der Waals surface area contributed by atoms with E-state index in [0.717, 1.165) is 43.9 Å². The molecule has 0 saturated carbocycles. The Morgan fingerprint density at radius 2 is 2.00 bits per heavy atom. The summed E-state index contributed by atoms with van der Waals surface area (Å²) in [6.45, 7) is 4.10. The maximum atomic E-state index is 12.9. The molecule has 3 aromatic rings. The van der Waals surface area contributed by atoms with E-state index in [4.69, 9.17) is 9.15 Å². The van der Waals surface area contributed by atoms with Crippen LogP contribution in [0.2, 0.25) is 0 Å². The Labute approximate surface area is 169 Å². The van der Waals surface area contributed by atoms with Crippen LogP contribution in [-0.2, 0) is 11.3 Å². The smallest absolute Gasteiger partial charge is 0.255 e. The number of hydrogen-bond donors (Lipinski definition) is 2. The Bertz CT molecular complexity index is 1070. The van der Waals surface area contributed by atoms with E-state index in [0.29, 0.717) is 28.8 Å². The summed E-state index contributed by atoms with van der Waals surface area (Å²) in [6.07, 6.45) is 1.10. The fourth-order valence-corrected chi connectivity index (χ4v) is 4.56. The van der Waals surface area contributed by atoms with E-state index in [2.05, 4.69) is 10.2 Å². The lowest BCUT2D eigenvalue weighted by molar-refractivity contribution is -0.105. The van der Waals surface area contributed by atoms with Gasteiger partial charge >= 0.3 is 0 Å². The first-order valence-corrected chi connectivity index (χ1v) is 9.95. The van der Waals surface area contributed by atoms with Gasteiger partial charge in [-0.05, 0) is 25.1 Å². The van der Waals surface area contributed by atoms with E-state index < -0.39 is 0 Å². The van der Waals surface area contributed by atoms with Crippen molar-refractivity contribution in [2.75, 3.05) is 33.4 Å². The van der Waals surface area contributed by atoms with Crippen molar-refractivity contribution < 1.29 is 19.1 Å². The van der Waals surface area contributed by atoms with E-state index in [1.165, 1.54) is 0 Å². The van der Waals surface area contributed by atoms with Gasteiger partial charge in [0.1, 0.15) is 17.1 Å². The number of amides is 1. The highest BCUT2D eigenvalue weighted by Gasteiger charge is 2.44. The van der Waals surface area contributed by atoms with Gasteiger partial charge in [-0.1, -0.05) is 30.3 Å². The first-order chi connectivity index (χ1) is 14.1. The summed E-state index contributed by atoms with van der Waals surface area (Å²) in [4.78, 5) is 15.2. The minimum absolute atomic E-state index is 0.189. The summed E-state index contributed by atoms with van der Waals surface area (Å²) < 4.78 is 11.6. The summed E-state index contributed by atoms with van der Waals surface area (Å²) in [5.74, 6) is 0.491. The average molecular weight is 392 g/mol. The molecule has 0 bridgehead atoms. The van der Waals surface area contributed by atoms with Crippen LogP contribution in [0, 0.1) is 5.41 Å². The van der Waals surface area contributed by atoms with Gasteiger partial charge in [-0.15, -0.1) is 0 Å². The van der Waals surface area contributed by atoms with Crippen LogP contribution in [0.4, 0.5) is 0 Å². The van der Waals surface area contributed by atoms with Crippen molar-refractivity contribution in [1.82, 2.24) is 10.2 Å². The van der Waals surface area contributed by atoms with Crippen molar-refractivity contribution in [2.24, 2.45) is 5.41 Å². The number of nitrogens with zero attached hydrogens (tertiary/aromatic N) is 1. The molecule has 0 aliphatic carbocycles. The molecule has 2 fully saturated rings. The first-order valence-electron chi connectivity index (χ1n) is 9.95. The number of phenols is 1. The molecule has 5 rings (SSSR count). The van der Waals surface area contributed by atoms with Crippen LogP contribution >= 0.6 is 0 Å². The van der Waals surface area contributed by atoms with Crippen LogP contribution in [0.1, 0.15) is 22.3 Å². The average Bonchev–Trinajstić information content (AvgIpc) is 3.32. The molecule has 1 amide bonds. The molecule has 3 heterocycles. The lowest BCUT2D eigenvalue weighted by Crippen LogP contribution is -2.44. The summed E-state index contributed by atoms with van der Waals surface area (Å²) in [6, 6.07) is 13.0. The highest BCUT2D eigenvalue weighted by atomic mass is 16.5. The molecule has 2 saturated heterocycles. The monoisotopic (exact) mass is 392 g/mol. The van der Waals surface area contributed by atoms with Crippen molar-refractivity contribution in [3.63, 3.8) is 0 Å². The zero-order chi connectivity index (χ0) is 20.0. The van der Waals surface area contributed by atoms with Gasteiger partial charge in [0, 0.05) is 42.1 Å². The predicted molar refractivity (Wildman–Crippen MR) is 110 cm³/mol. The SMILES string of the molecule is CNC(=O)c1c(-c2ccccc2)oc2ccc(O)c(CN3CCC4(COC4)C3)c12. The molecular formula is C23H24N2O4. The zero-order valence-corrected chi connectivity index (χ0v) is 16.4. The molecule has 150 valence electrons. The number of aromatic hydroxyl groups is 1. The van der Waals surface area contributed by atoms with Crippen molar-refractivity contribution >= 4 is 16.9 Å². The lowest BCUT2D eigenvalue weighted by atomic mass is 9.85. The summed E-state index contributed by atoms with van der Waals surface area (Å²) in [5.41, 5.74) is 2.92. The van der Waals surface area contributed by atoms with Crippen LogP contribution < -0.4 is 5.32 Å². The van der Waals surface area contributed by atoms with E-state index >= 15 is 0 Å². The van der Waals surface area contributed by atoms with E-state index in [-0.39, 0.29) is 17.1 Å². The van der Waals surface area contributed by atoms with E-state index in [9.17, 15) is 9.90 Å². The topological polar surface area (TPSA) is 74.9 Å². The Kier molecular flexibility index (Phi) is 4.33. The Hall–Kier alpha value is -2.83. The molecule has 29 heavy (non-hydrogen) atoms.